The quantitative estimate of drug-likeness (QED) is 0.432. The molecule has 0 unspecified atom stereocenters. The monoisotopic (exact) mass is 451 g/mol. The van der Waals surface area contributed by atoms with Crippen LogP contribution in [0.15, 0.2) is 54.6 Å². The smallest absolute Gasteiger partial charge is 0.250 e. The molecule has 4 aromatic rings. The highest BCUT2D eigenvalue weighted by atomic mass is 32.1. The molecule has 0 saturated carbocycles. The van der Waals surface area contributed by atoms with Crippen LogP contribution in [0.1, 0.15) is 0 Å². The number of rotatable bonds is 5. The molecule has 3 heterocycles. The van der Waals surface area contributed by atoms with Crippen LogP contribution in [0.3, 0.4) is 0 Å². The molecule has 9 nitrogen and oxygen atoms in total. The number of halogens is 1. The average molecular weight is 452 g/mol. The fraction of sp³-hybridized carbons (Fsp3) is 0.286. The van der Waals surface area contributed by atoms with Crippen molar-refractivity contribution < 1.29 is 4.39 Å². The second kappa shape index (κ2) is 8.60. The standard InChI is InChI=1S/C21H22FN9S/c1-27-19(17-9-5-6-10-18(17)22)24-30(21(27)32)15-28-11-13-29(14-12-28)20-23-25-26-31(20)16-7-3-2-4-8-16/h2-10H,11-15H2,1H3. The zero-order chi connectivity index (χ0) is 22.1. The molecule has 32 heavy (non-hydrogen) atoms. The van der Waals surface area contributed by atoms with E-state index in [1.165, 1.54) is 6.07 Å². The maximum Gasteiger partial charge on any atom is 0.250 e. The Labute approximate surface area is 189 Å². The molecule has 164 valence electrons. The molecule has 1 fully saturated rings. The van der Waals surface area contributed by atoms with Crippen molar-refractivity contribution in [1.82, 2.24) is 39.5 Å². The number of hydrogen-bond acceptors (Lipinski definition) is 7. The van der Waals surface area contributed by atoms with Crippen LogP contribution in [0.4, 0.5) is 10.3 Å². The Balaban J connectivity index is 1.29. The molecule has 0 amide bonds. The molecule has 2 aromatic carbocycles. The molecule has 1 aliphatic heterocycles. The molecular weight excluding hydrogens is 429 g/mol. The first-order chi connectivity index (χ1) is 15.6. The van der Waals surface area contributed by atoms with Gasteiger partial charge in [0.25, 0.3) is 0 Å². The minimum absolute atomic E-state index is 0.312. The minimum atomic E-state index is -0.312. The van der Waals surface area contributed by atoms with Gasteiger partial charge in [-0.3, -0.25) is 4.90 Å². The SMILES string of the molecule is Cn1c(-c2ccccc2F)nn(CN2CCN(c3nnnn3-c3ccccc3)CC2)c1=S. The van der Waals surface area contributed by atoms with Gasteiger partial charge in [0, 0.05) is 33.2 Å². The van der Waals surface area contributed by atoms with Crippen LogP contribution >= 0.6 is 12.2 Å². The number of anilines is 1. The van der Waals surface area contributed by atoms with Gasteiger partial charge >= 0.3 is 0 Å². The van der Waals surface area contributed by atoms with Gasteiger partial charge in [-0.15, -0.1) is 0 Å². The van der Waals surface area contributed by atoms with Crippen molar-refractivity contribution >= 4 is 18.2 Å². The van der Waals surface area contributed by atoms with Crippen LogP contribution in [-0.2, 0) is 13.7 Å². The van der Waals surface area contributed by atoms with E-state index >= 15 is 0 Å². The van der Waals surface area contributed by atoms with E-state index < -0.39 is 0 Å². The lowest BCUT2D eigenvalue weighted by Gasteiger charge is -2.34. The fourth-order valence-electron chi connectivity index (χ4n) is 3.85. The van der Waals surface area contributed by atoms with Crippen molar-refractivity contribution in [3.63, 3.8) is 0 Å². The van der Waals surface area contributed by atoms with Gasteiger partial charge in [0.15, 0.2) is 10.6 Å². The van der Waals surface area contributed by atoms with E-state index in [9.17, 15) is 4.39 Å². The number of tetrazole rings is 1. The van der Waals surface area contributed by atoms with Gasteiger partial charge in [-0.1, -0.05) is 35.4 Å². The summed E-state index contributed by atoms with van der Waals surface area (Å²) >= 11 is 5.56. The second-order valence-corrected chi connectivity index (χ2v) is 7.98. The lowest BCUT2D eigenvalue weighted by atomic mass is 10.2. The van der Waals surface area contributed by atoms with Crippen LogP contribution in [0, 0.1) is 10.6 Å². The topological polar surface area (TPSA) is 72.8 Å². The van der Waals surface area contributed by atoms with Gasteiger partial charge in [-0.05, 0) is 46.9 Å². The third kappa shape index (κ3) is 3.80. The Morgan fingerprint density at radius 2 is 1.69 bits per heavy atom. The van der Waals surface area contributed by atoms with Crippen molar-refractivity contribution in [1.29, 1.82) is 0 Å². The highest BCUT2D eigenvalue weighted by Crippen LogP contribution is 2.21. The molecule has 5 rings (SSSR count). The van der Waals surface area contributed by atoms with Crippen molar-refractivity contribution in [2.75, 3.05) is 31.1 Å². The molecule has 0 spiro atoms. The zero-order valence-electron chi connectivity index (χ0n) is 17.5. The summed E-state index contributed by atoms with van der Waals surface area (Å²) in [6.45, 7) is 3.68. The first kappa shape index (κ1) is 20.5. The molecule has 0 aliphatic carbocycles. The van der Waals surface area contributed by atoms with Crippen molar-refractivity contribution in [2.45, 2.75) is 6.67 Å². The Morgan fingerprint density at radius 3 is 2.44 bits per heavy atom. The molecule has 0 bridgehead atoms. The fourth-order valence-corrected chi connectivity index (χ4v) is 4.04. The van der Waals surface area contributed by atoms with E-state index in [0.717, 1.165) is 37.8 Å². The lowest BCUT2D eigenvalue weighted by molar-refractivity contribution is 0.193. The second-order valence-electron chi connectivity index (χ2n) is 7.62. The third-order valence-electron chi connectivity index (χ3n) is 5.60. The van der Waals surface area contributed by atoms with Crippen LogP contribution in [0.25, 0.3) is 17.1 Å². The summed E-state index contributed by atoms with van der Waals surface area (Å²) in [5, 5.41) is 16.8. The van der Waals surface area contributed by atoms with Gasteiger partial charge in [-0.25, -0.2) is 9.07 Å². The van der Waals surface area contributed by atoms with Crippen LogP contribution in [0.2, 0.25) is 0 Å². The van der Waals surface area contributed by atoms with E-state index in [1.54, 1.807) is 32.1 Å². The lowest BCUT2D eigenvalue weighted by Crippen LogP contribution is -2.47. The molecule has 0 atom stereocenters. The van der Waals surface area contributed by atoms with Gasteiger partial charge in [0.05, 0.1) is 17.9 Å². The Morgan fingerprint density at radius 1 is 0.969 bits per heavy atom. The Bertz CT molecular complexity index is 1270. The van der Waals surface area contributed by atoms with Crippen LogP contribution in [0.5, 0.6) is 0 Å². The molecule has 2 aromatic heterocycles. The number of para-hydroxylation sites is 1. The van der Waals surface area contributed by atoms with Gasteiger partial charge < -0.3 is 9.47 Å². The first-order valence-corrected chi connectivity index (χ1v) is 10.7. The largest absolute Gasteiger partial charge is 0.337 e. The van der Waals surface area contributed by atoms with E-state index in [2.05, 4.69) is 30.4 Å². The highest BCUT2D eigenvalue weighted by molar-refractivity contribution is 7.71. The molecule has 1 aliphatic rings. The number of piperazine rings is 1. The van der Waals surface area contributed by atoms with Crippen LogP contribution < -0.4 is 4.90 Å². The van der Waals surface area contributed by atoms with E-state index in [4.69, 9.17) is 12.2 Å². The summed E-state index contributed by atoms with van der Waals surface area (Å²) in [4.78, 5) is 4.44. The Kier molecular flexibility index (Phi) is 5.50. The number of nitrogens with zero attached hydrogens (tertiary/aromatic N) is 9. The first-order valence-electron chi connectivity index (χ1n) is 10.3. The summed E-state index contributed by atoms with van der Waals surface area (Å²) < 4.78 is 20.1. The van der Waals surface area contributed by atoms with Gasteiger partial charge in [-0.2, -0.15) is 9.78 Å². The van der Waals surface area contributed by atoms with E-state index in [0.29, 0.717) is 22.8 Å². The summed E-state index contributed by atoms with van der Waals surface area (Å²) in [6, 6.07) is 16.5. The van der Waals surface area contributed by atoms with Gasteiger partial charge in [0.2, 0.25) is 5.95 Å². The van der Waals surface area contributed by atoms with Gasteiger partial charge in [0.1, 0.15) is 5.82 Å². The zero-order valence-corrected chi connectivity index (χ0v) is 18.4. The predicted octanol–water partition coefficient (Wildman–Crippen LogP) is 2.51. The third-order valence-corrected chi connectivity index (χ3v) is 6.08. The summed E-state index contributed by atoms with van der Waals surface area (Å²) in [7, 11) is 1.81. The normalized spacial score (nSPS) is 14.8. The van der Waals surface area contributed by atoms with Crippen molar-refractivity contribution in [3.8, 4) is 17.1 Å². The molecular formula is C21H22FN9S. The molecule has 1 saturated heterocycles. The van der Waals surface area contributed by atoms with Crippen LogP contribution in [-0.4, -0.2) is 65.6 Å². The van der Waals surface area contributed by atoms with Crippen molar-refractivity contribution in [2.24, 2.45) is 7.05 Å². The summed E-state index contributed by atoms with van der Waals surface area (Å²) in [5.74, 6) is 0.938. The average Bonchev–Trinajstić information content (AvgIpc) is 3.42. The predicted molar refractivity (Wildman–Crippen MR) is 120 cm³/mol. The molecule has 11 heteroatoms. The summed E-state index contributed by atoms with van der Waals surface area (Å²) in [5.41, 5.74) is 1.37. The Hall–Kier alpha value is -3.44. The molecule has 0 N–H and O–H groups in total. The maximum absolute atomic E-state index is 14.3. The maximum atomic E-state index is 14.3. The molecule has 0 radical (unpaired) electrons. The number of aromatic nitrogens is 7. The number of benzene rings is 2. The van der Waals surface area contributed by atoms with E-state index in [-0.39, 0.29) is 5.82 Å². The summed E-state index contributed by atoms with van der Waals surface area (Å²) in [6.07, 6.45) is 0. The van der Waals surface area contributed by atoms with Crippen molar-refractivity contribution in [3.05, 3.63) is 65.2 Å². The minimum Gasteiger partial charge on any atom is -0.337 e. The van der Waals surface area contributed by atoms with E-state index in [1.807, 2.05) is 37.4 Å². The number of hydrogen-bond donors (Lipinski definition) is 0. The highest BCUT2D eigenvalue weighted by Gasteiger charge is 2.23.